The van der Waals surface area contributed by atoms with Crippen LogP contribution in [0.3, 0.4) is 0 Å². The molecule has 24 heavy (non-hydrogen) atoms. The van der Waals surface area contributed by atoms with Crippen LogP contribution in [0.5, 0.6) is 0 Å². The van der Waals surface area contributed by atoms with E-state index in [-0.39, 0.29) is 0 Å². The van der Waals surface area contributed by atoms with Crippen LogP contribution in [0.1, 0.15) is 16.7 Å². The Bertz CT molecular complexity index is 756. The van der Waals surface area contributed by atoms with Crippen molar-refractivity contribution in [2.24, 2.45) is 0 Å². The molecule has 122 valence electrons. The summed E-state index contributed by atoms with van der Waals surface area (Å²) >= 11 is 0. The van der Waals surface area contributed by atoms with Crippen LogP contribution in [0.4, 0.5) is 11.9 Å². The minimum atomic E-state index is 0.577. The first-order chi connectivity index (χ1) is 11.8. The third kappa shape index (κ3) is 4.78. The average Bonchev–Trinajstić information content (AvgIpc) is 2.63. The Morgan fingerprint density at radius 2 is 1.50 bits per heavy atom. The summed E-state index contributed by atoms with van der Waals surface area (Å²) in [6.07, 6.45) is 2.45. The van der Waals surface area contributed by atoms with E-state index >= 15 is 0 Å². The Kier molecular flexibility index (Phi) is 5.35. The molecule has 0 aliphatic carbocycles. The zero-order chi connectivity index (χ0) is 16.6. The zero-order valence-corrected chi connectivity index (χ0v) is 13.7. The molecule has 1 heterocycles. The normalized spacial score (nSPS) is 10.4. The molecule has 0 fully saturated rings. The zero-order valence-electron chi connectivity index (χ0n) is 13.7. The lowest BCUT2D eigenvalue weighted by Gasteiger charge is -2.08. The lowest BCUT2D eigenvalue weighted by molar-refractivity contribution is 0.952. The minimum absolute atomic E-state index is 0.577. The van der Waals surface area contributed by atoms with Gasteiger partial charge < -0.3 is 10.6 Å². The molecule has 0 saturated carbocycles. The largest absolute Gasteiger partial charge is 0.354 e. The van der Waals surface area contributed by atoms with Crippen LogP contribution in [0.15, 0.2) is 60.9 Å². The number of nitrogens with zero attached hydrogens (tertiary/aromatic N) is 3. The van der Waals surface area contributed by atoms with E-state index in [4.69, 9.17) is 0 Å². The molecule has 0 aliphatic heterocycles. The fourth-order valence-electron chi connectivity index (χ4n) is 2.32. The predicted molar refractivity (Wildman–Crippen MR) is 97.0 cm³/mol. The molecule has 2 N–H and O–H groups in total. The van der Waals surface area contributed by atoms with Gasteiger partial charge in [0.2, 0.25) is 11.9 Å². The lowest BCUT2D eigenvalue weighted by atomic mass is 10.1. The highest BCUT2D eigenvalue weighted by atomic mass is 15.2. The van der Waals surface area contributed by atoms with Gasteiger partial charge in [-0.2, -0.15) is 4.98 Å². The molecular weight excluding hydrogens is 298 g/mol. The van der Waals surface area contributed by atoms with E-state index in [0.717, 1.165) is 13.0 Å². The molecule has 0 aliphatic rings. The summed E-state index contributed by atoms with van der Waals surface area (Å²) in [4.78, 5) is 12.7. The first kappa shape index (κ1) is 15.9. The Hall–Kier alpha value is -2.95. The van der Waals surface area contributed by atoms with E-state index in [2.05, 4.69) is 68.9 Å². The van der Waals surface area contributed by atoms with E-state index in [0.29, 0.717) is 18.4 Å². The standard InChI is InChI=1S/C19H21N5/c1-15-7-9-17(10-8-15)13-21-19-23-14-22-18(24-19)20-12-11-16-5-3-2-4-6-16/h2-10,14H,11-13H2,1H3,(H2,20,21,22,23,24). The molecule has 0 unspecified atom stereocenters. The van der Waals surface area contributed by atoms with Crippen LogP contribution in [-0.4, -0.2) is 21.5 Å². The molecular formula is C19H21N5. The third-order valence-corrected chi connectivity index (χ3v) is 3.68. The maximum Gasteiger partial charge on any atom is 0.227 e. The van der Waals surface area contributed by atoms with Crippen LogP contribution in [0.2, 0.25) is 0 Å². The quantitative estimate of drug-likeness (QED) is 0.698. The summed E-state index contributed by atoms with van der Waals surface area (Å²) in [5.41, 5.74) is 3.74. The van der Waals surface area contributed by atoms with Gasteiger partial charge in [0.05, 0.1) is 0 Å². The van der Waals surface area contributed by atoms with E-state index in [9.17, 15) is 0 Å². The molecule has 1 aromatic heterocycles. The number of nitrogens with one attached hydrogen (secondary N) is 2. The SMILES string of the molecule is Cc1ccc(CNc2ncnc(NCCc3ccccc3)n2)cc1. The van der Waals surface area contributed by atoms with Crippen molar-refractivity contribution < 1.29 is 0 Å². The van der Waals surface area contributed by atoms with Crippen molar-refractivity contribution >= 4 is 11.9 Å². The number of hydrogen-bond donors (Lipinski definition) is 2. The molecule has 0 atom stereocenters. The second-order valence-electron chi connectivity index (χ2n) is 5.63. The van der Waals surface area contributed by atoms with Gasteiger partial charge in [-0.25, -0.2) is 9.97 Å². The molecule has 5 heteroatoms. The molecule has 2 aromatic carbocycles. The number of benzene rings is 2. The monoisotopic (exact) mass is 319 g/mol. The highest BCUT2D eigenvalue weighted by Crippen LogP contribution is 2.07. The summed E-state index contributed by atoms with van der Waals surface area (Å²) in [5.74, 6) is 1.17. The lowest BCUT2D eigenvalue weighted by Crippen LogP contribution is -2.10. The Balaban J connectivity index is 1.51. The summed E-state index contributed by atoms with van der Waals surface area (Å²) in [6, 6.07) is 18.7. The first-order valence-electron chi connectivity index (χ1n) is 8.06. The number of hydrogen-bond acceptors (Lipinski definition) is 5. The first-order valence-corrected chi connectivity index (χ1v) is 8.06. The molecule has 0 saturated heterocycles. The molecule has 5 nitrogen and oxygen atoms in total. The molecule has 0 radical (unpaired) electrons. The van der Waals surface area contributed by atoms with Gasteiger partial charge in [-0.1, -0.05) is 60.2 Å². The van der Waals surface area contributed by atoms with E-state index in [1.165, 1.54) is 23.0 Å². The van der Waals surface area contributed by atoms with Crippen molar-refractivity contribution in [1.29, 1.82) is 0 Å². The van der Waals surface area contributed by atoms with Crippen molar-refractivity contribution in [3.8, 4) is 0 Å². The van der Waals surface area contributed by atoms with Crippen LogP contribution >= 0.6 is 0 Å². The van der Waals surface area contributed by atoms with Crippen LogP contribution in [0, 0.1) is 6.92 Å². The van der Waals surface area contributed by atoms with Gasteiger partial charge in [0.25, 0.3) is 0 Å². The fourth-order valence-corrected chi connectivity index (χ4v) is 2.32. The van der Waals surface area contributed by atoms with Gasteiger partial charge in [0, 0.05) is 13.1 Å². The van der Waals surface area contributed by atoms with Crippen molar-refractivity contribution in [1.82, 2.24) is 15.0 Å². The predicted octanol–water partition coefficient (Wildman–Crippen LogP) is 3.45. The van der Waals surface area contributed by atoms with Crippen LogP contribution in [0.25, 0.3) is 0 Å². The van der Waals surface area contributed by atoms with Crippen molar-refractivity contribution in [3.63, 3.8) is 0 Å². The van der Waals surface area contributed by atoms with Crippen molar-refractivity contribution in [2.75, 3.05) is 17.2 Å². The van der Waals surface area contributed by atoms with E-state index < -0.39 is 0 Å². The van der Waals surface area contributed by atoms with Gasteiger partial charge in [-0.05, 0) is 24.5 Å². The van der Waals surface area contributed by atoms with E-state index in [1.54, 1.807) is 0 Å². The molecule has 0 spiro atoms. The van der Waals surface area contributed by atoms with Gasteiger partial charge in [0.15, 0.2) is 0 Å². The van der Waals surface area contributed by atoms with Crippen LogP contribution < -0.4 is 10.6 Å². The minimum Gasteiger partial charge on any atom is -0.354 e. The van der Waals surface area contributed by atoms with Gasteiger partial charge in [-0.3, -0.25) is 0 Å². The smallest absolute Gasteiger partial charge is 0.227 e. The Labute approximate surface area is 142 Å². The highest BCUT2D eigenvalue weighted by molar-refractivity contribution is 5.34. The maximum atomic E-state index is 4.39. The van der Waals surface area contributed by atoms with Gasteiger partial charge >= 0.3 is 0 Å². The highest BCUT2D eigenvalue weighted by Gasteiger charge is 2.01. The molecule has 0 bridgehead atoms. The summed E-state index contributed by atoms with van der Waals surface area (Å²) in [5, 5.41) is 6.46. The Morgan fingerprint density at radius 3 is 2.25 bits per heavy atom. The van der Waals surface area contributed by atoms with Gasteiger partial charge in [0.1, 0.15) is 6.33 Å². The summed E-state index contributed by atoms with van der Waals surface area (Å²) in [7, 11) is 0. The number of aryl methyl sites for hydroxylation is 1. The molecule has 3 aromatic rings. The molecule has 3 rings (SSSR count). The van der Waals surface area contributed by atoms with Gasteiger partial charge in [-0.15, -0.1) is 0 Å². The fraction of sp³-hybridized carbons (Fsp3) is 0.211. The second kappa shape index (κ2) is 8.06. The maximum absolute atomic E-state index is 4.39. The topological polar surface area (TPSA) is 62.7 Å². The second-order valence-corrected chi connectivity index (χ2v) is 5.63. The number of aromatic nitrogens is 3. The van der Waals surface area contributed by atoms with Crippen molar-refractivity contribution in [3.05, 3.63) is 77.6 Å². The number of anilines is 2. The summed E-state index contributed by atoms with van der Waals surface area (Å²) in [6.45, 7) is 3.55. The van der Waals surface area contributed by atoms with Crippen molar-refractivity contribution in [2.45, 2.75) is 19.9 Å². The summed E-state index contributed by atoms with van der Waals surface area (Å²) < 4.78 is 0. The third-order valence-electron chi connectivity index (χ3n) is 3.68. The Morgan fingerprint density at radius 1 is 0.792 bits per heavy atom. The average molecular weight is 319 g/mol. The van der Waals surface area contributed by atoms with Crippen LogP contribution in [-0.2, 0) is 13.0 Å². The number of rotatable bonds is 7. The van der Waals surface area contributed by atoms with E-state index in [1.807, 2.05) is 18.2 Å². The molecule has 0 amide bonds.